The molecular weight excluding hydrogens is 260 g/mol. The number of hydrogen-bond donors (Lipinski definition) is 2. The first kappa shape index (κ1) is 15.4. The Morgan fingerprint density at radius 3 is 2.52 bits per heavy atom. The van der Waals surface area contributed by atoms with E-state index in [0.29, 0.717) is 6.61 Å². The van der Waals surface area contributed by atoms with E-state index in [4.69, 9.17) is 15.9 Å². The minimum atomic E-state index is -0.205. The molecule has 0 unspecified atom stereocenters. The van der Waals surface area contributed by atoms with Gasteiger partial charge < -0.3 is 10.5 Å². The van der Waals surface area contributed by atoms with Crippen molar-refractivity contribution in [2.24, 2.45) is 11.1 Å². The lowest BCUT2D eigenvalue weighted by Crippen LogP contribution is -2.30. The first-order chi connectivity index (χ1) is 9.99. The Hall–Kier alpha value is -2.03. The molecular formula is C18H24N2O. The molecule has 0 aliphatic carbocycles. The lowest BCUT2D eigenvalue weighted by Gasteiger charge is -2.22. The molecule has 0 aromatic heterocycles. The molecule has 21 heavy (non-hydrogen) atoms. The zero-order valence-corrected chi connectivity index (χ0v) is 12.9. The fraction of sp³-hybridized carbons (Fsp3) is 0.389. The van der Waals surface area contributed by atoms with Crippen molar-refractivity contribution < 1.29 is 4.74 Å². The Labute approximate surface area is 126 Å². The van der Waals surface area contributed by atoms with Crippen LogP contribution < -0.4 is 10.5 Å². The Bertz CT molecular complexity index is 619. The third kappa shape index (κ3) is 4.22. The maximum Gasteiger partial charge on any atom is 0.119 e. The van der Waals surface area contributed by atoms with Gasteiger partial charge in [-0.15, -0.1) is 0 Å². The van der Waals surface area contributed by atoms with Crippen LogP contribution in [-0.4, -0.2) is 12.4 Å². The summed E-state index contributed by atoms with van der Waals surface area (Å²) in [5.41, 5.74) is 5.38. The van der Waals surface area contributed by atoms with Gasteiger partial charge in [-0.3, -0.25) is 5.41 Å². The summed E-state index contributed by atoms with van der Waals surface area (Å²) < 4.78 is 5.80. The van der Waals surface area contributed by atoms with E-state index in [0.717, 1.165) is 25.0 Å². The molecule has 0 saturated carbocycles. The standard InChI is InChI=1S/C18H24N2O/c1-18(2,17(19)20)11-5-6-12-21-16-10-9-14-7-3-4-8-15(14)13-16/h3-4,7-10,13H,5-6,11-12H2,1-2H3,(H3,19,20). The van der Waals surface area contributed by atoms with Crippen LogP contribution >= 0.6 is 0 Å². The van der Waals surface area contributed by atoms with Crippen LogP contribution in [0.15, 0.2) is 42.5 Å². The Balaban J connectivity index is 1.79. The van der Waals surface area contributed by atoms with Gasteiger partial charge in [-0.2, -0.15) is 0 Å². The summed E-state index contributed by atoms with van der Waals surface area (Å²) in [6.45, 7) is 4.73. The monoisotopic (exact) mass is 284 g/mol. The lowest BCUT2D eigenvalue weighted by molar-refractivity contribution is 0.296. The third-order valence-electron chi connectivity index (χ3n) is 3.91. The van der Waals surface area contributed by atoms with E-state index < -0.39 is 0 Å². The van der Waals surface area contributed by atoms with Crippen molar-refractivity contribution in [2.45, 2.75) is 33.1 Å². The molecule has 2 aromatic rings. The lowest BCUT2D eigenvalue weighted by atomic mass is 9.86. The Kier molecular flexibility index (Phi) is 4.84. The predicted octanol–water partition coefficient (Wildman–Crippen LogP) is 4.35. The number of benzene rings is 2. The molecule has 0 fully saturated rings. The Morgan fingerprint density at radius 1 is 1.10 bits per heavy atom. The van der Waals surface area contributed by atoms with Crippen molar-refractivity contribution in [3.05, 3.63) is 42.5 Å². The van der Waals surface area contributed by atoms with Gasteiger partial charge in [0, 0.05) is 5.41 Å². The fourth-order valence-corrected chi connectivity index (χ4v) is 2.25. The van der Waals surface area contributed by atoms with Crippen LogP contribution in [0.4, 0.5) is 0 Å². The van der Waals surface area contributed by atoms with Crippen molar-refractivity contribution in [3.8, 4) is 5.75 Å². The summed E-state index contributed by atoms with van der Waals surface area (Å²) >= 11 is 0. The van der Waals surface area contributed by atoms with Gasteiger partial charge >= 0.3 is 0 Å². The average molecular weight is 284 g/mol. The van der Waals surface area contributed by atoms with Crippen LogP contribution in [0.3, 0.4) is 0 Å². The number of fused-ring (bicyclic) bond motifs is 1. The summed E-state index contributed by atoms with van der Waals surface area (Å²) in [5, 5.41) is 9.97. The van der Waals surface area contributed by atoms with Crippen LogP contribution in [0.5, 0.6) is 5.75 Å². The molecule has 112 valence electrons. The van der Waals surface area contributed by atoms with Crippen LogP contribution in [0.25, 0.3) is 10.8 Å². The predicted molar refractivity (Wildman–Crippen MR) is 89.0 cm³/mol. The number of nitrogens with two attached hydrogens (primary N) is 1. The highest BCUT2D eigenvalue weighted by Crippen LogP contribution is 2.23. The largest absolute Gasteiger partial charge is 0.494 e. The van der Waals surface area contributed by atoms with E-state index in [1.54, 1.807) is 0 Å². The smallest absolute Gasteiger partial charge is 0.119 e. The molecule has 0 radical (unpaired) electrons. The molecule has 0 amide bonds. The molecule has 2 rings (SSSR count). The zero-order valence-electron chi connectivity index (χ0n) is 12.9. The highest BCUT2D eigenvalue weighted by atomic mass is 16.5. The van der Waals surface area contributed by atoms with Crippen molar-refractivity contribution in [3.63, 3.8) is 0 Å². The van der Waals surface area contributed by atoms with Crippen molar-refractivity contribution in [1.29, 1.82) is 5.41 Å². The maximum absolute atomic E-state index is 7.54. The second kappa shape index (κ2) is 6.61. The molecule has 0 bridgehead atoms. The molecule has 2 aromatic carbocycles. The van der Waals surface area contributed by atoms with Gasteiger partial charge in [0.05, 0.1) is 12.4 Å². The van der Waals surface area contributed by atoms with Gasteiger partial charge in [0.1, 0.15) is 5.75 Å². The van der Waals surface area contributed by atoms with Crippen molar-refractivity contribution in [2.75, 3.05) is 6.61 Å². The number of unbranched alkanes of at least 4 members (excludes halogenated alkanes) is 1. The summed E-state index contributed by atoms with van der Waals surface area (Å²) in [5.74, 6) is 1.18. The van der Waals surface area contributed by atoms with Gasteiger partial charge in [0.15, 0.2) is 0 Å². The maximum atomic E-state index is 7.54. The van der Waals surface area contributed by atoms with Crippen LogP contribution in [-0.2, 0) is 0 Å². The second-order valence-electron chi connectivity index (χ2n) is 6.11. The minimum Gasteiger partial charge on any atom is -0.494 e. The number of ether oxygens (including phenoxy) is 1. The molecule has 0 saturated heterocycles. The highest BCUT2D eigenvalue weighted by molar-refractivity contribution is 5.83. The van der Waals surface area contributed by atoms with E-state index in [1.807, 2.05) is 32.0 Å². The first-order valence-corrected chi connectivity index (χ1v) is 7.45. The average Bonchev–Trinajstić information content (AvgIpc) is 2.46. The van der Waals surface area contributed by atoms with Crippen molar-refractivity contribution in [1.82, 2.24) is 0 Å². The Morgan fingerprint density at radius 2 is 1.81 bits per heavy atom. The summed E-state index contributed by atoms with van der Waals surface area (Å²) in [6.07, 6.45) is 2.91. The van der Waals surface area contributed by atoms with Crippen LogP contribution in [0.1, 0.15) is 33.1 Å². The molecule has 0 heterocycles. The summed E-state index contributed by atoms with van der Waals surface area (Å²) in [4.78, 5) is 0. The van der Waals surface area contributed by atoms with Gasteiger partial charge in [-0.25, -0.2) is 0 Å². The third-order valence-corrected chi connectivity index (χ3v) is 3.91. The van der Waals surface area contributed by atoms with E-state index in [2.05, 4.69) is 24.3 Å². The van der Waals surface area contributed by atoms with E-state index in [1.165, 1.54) is 10.8 Å². The number of rotatable bonds is 7. The number of amidine groups is 1. The van der Waals surface area contributed by atoms with Gasteiger partial charge in [0.2, 0.25) is 0 Å². The van der Waals surface area contributed by atoms with Crippen molar-refractivity contribution >= 4 is 16.6 Å². The second-order valence-corrected chi connectivity index (χ2v) is 6.11. The van der Waals surface area contributed by atoms with Gasteiger partial charge in [-0.05, 0) is 42.2 Å². The van der Waals surface area contributed by atoms with E-state index in [9.17, 15) is 0 Å². The van der Waals surface area contributed by atoms with Crippen LogP contribution in [0, 0.1) is 10.8 Å². The quantitative estimate of drug-likeness (QED) is 0.451. The first-order valence-electron chi connectivity index (χ1n) is 7.45. The molecule has 0 atom stereocenters. The number of hydrogen-bond acceptors (Lipinski definition) is 2. The number of nitrogens with one attached hydrogen (secondary N) is 1. The molecule has 3 nitrogen and oxygen atoms in total. The molecule has 3 heteroatoms. The van der Waals surface area contributed by atoms with Gasteiger partial charge in [0.25, 0.3) is 0 Å². The highest BCUT2D eigenvalue weighted by Gasteiger charge is 2.20. The SMILES string of the molecule is CC(C)(CCCCOc1ccc2ccccc2c1)C(=N)N. The summed E-state index contributed by atoms with van der Waals surface area (Å²) in [7, 11) is 0. The fourth-order valence-electron chi connectivity index (χ4n) is 2.25. The van der Waals surface area contributed by atoms with Gasteiger partial charge in [-0.1, -0.05) is 44.2 Å². The summed E-state index contributed by atoms with van der Waals surface area (Å²) in [6, 6.07) is 14.5. The minimum absolute atomic E-state index is 0.205. The molecule has 3 N–H and O–H groups in total. The van der Waals surface area contributed by atoms with Crippen LogP contribution in [0.2, 0.25) is 0 Å². The molecule has 0 spiro atoms. The molecule has 0 aliphatic rings. The normalized spacial score (nSPS) is 11.5. The van der Waals surface area contributed by atoms with E-state index in [-0.39, 0.29) is 11.3 Å². The zero-order chi connectivity index (χ0) is 15.3. The van der Waals surface area contributed by atoms with E-state index >= 15 is 0 Å². The molecule has 0 aliphatic heterocycles. The topological polar surface area (TPSA) is 59.1 Å².